The Labute approximate surface area is 133 Å². The molecular formula is C17H16N4O2. The molecule has 0 unspecified atom stereocenters. The molecular weight excluding hydrogens is 292 g/mol. The molecule has 6 nitrogen and oxygen atoms in total. The number of hydrogen-bond acceptors (Lipinski definition) is 4. The van der Waals surface area contributed by atoms with Crippen LogP contribution in [0.15, 0.2) is 65.8 Å². The zero-order chi connectivity index (χ0) is 15.9. The lowest BCUT2D eigenvalue weighted by molar-refractivity contribution is -0.116. The summed E-state index contributed by atoms with van der Waals surface area (Å²) in [6.07, 6.45) is 7.83. The van der Waals surface area contributed by atoms with Crippen molar-refractivity contribution in [3.8, 4) is 0 Å². The highest BCUT2D eigenvalue weighted by molar-refractivity contribution is 5.91. The van der Waals surface area contributed by atoms with Crippen molar-refractivity contribution in [2.75, 3.05) is 0 Å². The molecule has 0 spiro atoms. The lowest BCUT2D eigenvalue weighted by Crippen LogP contribution is -2.21. The molecule has 116 valence electrons. The highest BCUT2D eigenvalue weighted by Gasteiger charge is 2.04. The zero-order valence-electron chi connectivity index (χ0n) is 12.4. The standard InChI is InChI=1S/C17H16N4O2/c22-17(8-7-16-6-3-9-23-16)19-10-14-4-1-2-5-15(14)11-21-13-18-12-20-21/h1-9,12-13H,10-11H2,(H,19,22)/b8-7+. The van der Waals surface area contributed by atoms with Gasteiger partial charge in [-0.1, -0.05) is 24.3 Å². The van der Waals surface area contributed by atoms with Gasteiger partial charge in [-0.3, -0.25) is 4.79 Å². The Kier molecular flexibility index (Phi) is 4.63. The van der Waals surface area contributed by atoms with Crippen LogP contribution in [0.3, 0.4) is 0 Å². The lowest BCUT2D eigenvalue weighted by Gasteiger charge is -2.09. The molecule has 1 aromatic carbocycles. The van der Waals surface area contributed by atoms with Gasteiger partial charge < -0.3 is 9.73 Å². The molecule has 6 heteroatoms. The predicted octanol–water partition coefficient (Wildman–Crippen LogP) is 2.25. The van der Waals surface area contributed by atoms with Gasteiger partial charge in [-0.05, 0) is 29.3 Å². The number of nitrogens with one attached hydrogen (secondary N) is 1. The molecule has 0 atom stereocenters. The van der Waals surface area contributed by atoms with E-state index in [0.29, 0.717) is 18.8 Å². The van der Waals surface area contributed by atoms with Crippen LogP contribution in [0, 0.1) is 0 Å². The fourth-order valence-corrected chi connectivity index (χ4v) is 2.16. The van der Waals surface area contributed by atoms with Gasteiger partial charge in [-0.15, -0.1) is 0 Å². The van der Waals surface area contributed by atoms with E-state index in [-0.39, 0.29) is 5.91 Å². The molecule has 23 heavy (non-hydrogen) atoms. The summed E-state index contributed by atoms with van der Waals surface area (Å²) in [6.45, 7) is 1.07. The molecule has 3 aromatic rings. The smallest absolute Gasteiger partial charge is 0.244 e. The molecule has 0 radical (unpaired) electrons. The minimum absolute atomic E-state index is 0.169. The number of benzene rings is 1. The van der Waals surface area contributed by atoms with Crippen LogP contribution < -0.4 is 5.32 Å². The summed E-state index contributed by atoms with van der Waals surface area (Å²) in [5.74, 6) is 0.476. The van der Waals surface area contributed by atoms with Crippen molar-refractivity contribution in [1.29, 1.82) is 0 Å². The van der Waals surface area contributed by atoms with Gasteiger partial charge in [0, 0.05) is 12.6 Å². The third-order valence-corrected chi connectivity index (χ3v) is 3.31. The Bertz CT molecular complexity index is 777. The lowest BCUT2D eigenvalue weighted by atomic mass is 10.1. The Morgan fingerprint density at radius 1 is 1.22 bits per heavy atom. The van der Waals surface area contributed by atoms with E-state index in [1.54, 1.807) is 35.5 Å². The SMILES string of the molecule is O=C(/C=C/c1ccco1)NCc1ccccc1Cn1cncn1. The fraction of sp³-hybridized carbons (Fsp3) is 0.118. The van der Waals surface area contributed by atoms with Crippen molar-refractivity contribution >= 4 is 12.0 Å². The van der Waals surface area contributed by atoms with Crippen LogP contribution >= 0.6 is 0 Å². The topological polar surface area (TPSA) is 73.0 Å². The van der Waals surface area contributed by atoms with E-state index in [4.69, 9.17) is 4.42 Å². The summed E-state index contributed by atoms with van der Waals surface area (Å²) < 4.78 is 6.89. The number of carbonyl (C=O) groups is 1. The first-order valence-electron chi connectivity index (χ1n) is 7.20. The van der Waals surface area contributed by atoms with Crippen molar-refractivity contribution in [1.82, 2.24) is 20.1 Å². The van der Waals surface area contributed by atoms with Crippen LogP contribution in [0.2, 0.25) is 0 Å². The number of nitrogens with zero attached hydrogens (tertiary/aromatic N) is 3. The van der Waals surface area contributed by atoms with Gasteiger partial charge in [-0.2, -0.15) is 5.10 Å². The second kappa shape index (κ2) is 7.22. The van der Waals surface area contributed by atoms with Crippen LogP contribution in [0.4, 0.5) is 0 Å². The van der Waals surface area contributed by atoms with E-state index in [0.717, 1.165) is 11.1 Å². The molecule has 2 heterocycles. The van der Waals surface area contributed by atoms with E-state index >= 15 is 0 Å². The predicted molar refractivity (Wildman–Crippen MR) is 85.2 cm³/mol. The van der Waals surface area contributed by atoms with Crippen molar-refractivity contribution in [2.24, 2.45) is 0 Å². The first kappa shape index (κ1) is 14.8. The first-order valence-corrected chi connectivity index (χ1v) is 7.20. The molecule has 1 amide bonds. The number of amides is 1. The van der Waals surface area contributed by atoms with Gasteiger partial charge in [0.1, 0.15) is 18.4 Å². The Morgan fingerprint density at radius 3 is 2.83 bits per heavy atom. The number of aromatic nitrogens is 3. The summed E-state index contributed by atoms with van der Waals surface area (Å²) in [4.78, 5) is 15.8. The van der Waals surface area contributed by atoms with E-state index in [2.05, 4.69) is 15.4 Å². The highest BCUT2D eigenvalue weighted by atomic mass is 16.3. The molecule has 0 aliphatic carbocycles. The van der Waals surface area contributed by atoms with Crippen LogP contribution in [-0.4, -0.2) is 20.7 Å². The van der Waals surface area contributed by atoms with Gasteiger partial charge in [0.2, 0.25) is 5.91 Å². The van der Waals surface area contributed by atoms with Gasteiger partial charge in [0.15, 0.2) is 0 Å². The second-order valence-electron chi connectivity index (χ2n) is 4.93. The number of rotatable bonds is 6. The second-order valence-corrected chi connectivity index (χ2v) is 4.93. The van der Waals surface area contributed by atoms with Crippen molar-refractivity contribution < 1.29 is 9.21 Å². The number of carbonyl (C=O) groups excluding carboxylic acids is 1. The molecule has 0 aliphatic rings. The maximum Gasteiger partial charge on any atom is 0.244 e. The van der Waals surface area contributed by atoms with Crippen LogP contribution in [0.5, 0.6) is 0 Å². The van der Waals surface area contributed by atoms with Crippen molar-refractivity contribution in [3.05, 3.63) is 78.3 Å². The van der Waals surface area contributed by atoms with Gasteiger partial charge in [-0.25, -0.2) is 9.67 Å². The summed E-state index contributed by atoms with van der Waals surface area (Å²) >= 11 is 0. The Hall–Kier alpha value is -3.15. The molecule has 0 bridgehead atoms. The van der Waals surface area contributed by atoms with E-state index in [1.807, 2.05) is 24.3 Å². The third-order valence-electron chi connectivity index (χ3n) is 3.31. The van der Waals surface area contributed by atoms with Crippen molar-refractivity contribution in [3.63, 3.8) is 0 Å². The maximum absolute atomic E-state index is 11.9. The van der Waals surface area contributed by atoms with Gasteiger partial charge >= 0.3 is 0 Å². The van der Waals surface area contributed by atoms with Crippen LogP contribution in [-0.2, 0) is 17.9 Å². The summed E-state index contributed by atoms with van der Waals surface area (Å²) in [5, 5.41) is 6.97. The molecule has 2 aromatic heterocycles. The molecule has 1 N–H and O–H groups in total. The minimum Gasteiger partial charge on any atom is -0.465 e. The Balaban J connectivity index is 1.60. The van der Waals surface area contributed by atoms with E-state index in [1.165, 1.54) is 12.4 Å². The summed E-state index contributed by atoms with van der Waals surface area (Å²) in [5.41, 5.74) is 2.14. The average molecular weight is 308 g/mol. The van der Waals surface area contributed by atoms with Gasteiger partial charge in [0.05, 0.1) is 12.8 Å². The number of hydrogen-bond donors (Lipinski definition) is 1. The third kappa shape index (κ3) is 4.16. The monoisotopic (exact) mass is 308 g/mol. The molecule has 0 saturated carbocycles. The molecule has 3 rings (SSSR count). The fourth-order valence-electron chi connectivity index (χ4n) is 2.16. The molecule has 0 aliphatic heterocycles. The van der Waals surface area contributed by atoms with Crippen molar-refractivity contribution in [2.45, 2.75) is 13.1 Å². The van der Waals surface area contributed by atoms with Crippen LogP contribution in [0.25, 0.3) is 6.08 Å². The average Bonchev–Trinajstić information content (AvgIpc) is 3.25. The maximum atomic E-state index is 11.9. The normalized spacial score (nSPS) is 11.0. The summed E-state index contributed by atoms with van der Waals surface area (Å²) in [6, 6.07) is 11.5. The quantitative estimate of drug-likeness (QED) is 0.709. The van der Waals surface area contributed by atoms with Crippen LogP contribution in [0.1, 0.15) is 16.9 Å². The number of furan rings is 1. The largest absolute Gasteiger partial charge is 0.465 e. The minimum atomic E-state index is -0.169. The van der Waals surface area contributed by atoms with E-state index < -0.39 is 0 Å². The highest BCUT2D eigenvalue weighted by Crippen LogP contribution is 2.10. The Morgan fingerprint density at radius 2 is 2.09 bits per heavy atom. The molecule has 0 fully saturated rings. The summed E-state index contributed by atoms with van der Waals surface area (Å²) in [7, 11) is 0. The first-order chi connectivity index (χ1) is 11.3. The zero-order valence-corrected chi connectivity index (χ0v) is 12.4. The van der Waals surface area contributed by atoms with Gasteiger partial charge in [0.25, 0.3) is 0 Å². The van der Waals surface area contributed by atoms with E-state index in [9.17, 15) is 4.79 Å². The molecule has 0 saturated heterocycles.